The van der Waals surface area contributed by atoms with E-state index in [4.69, 9.17) is 20.3 Å². The Labute approximate surface area is 179 Å². The Hall–Kier alpha value is -2.50. The van der Waals surface area contributed by atoms with E-state index >= 15 is 0 Å². The van der Waals surface area contributed by atoms with Gasteiger partial charge in [-0.05, 0) is 16.7 Å². The minimum Gasteiger partial charge on any atom is -0.374 e. The first-order valence-corrected chi connectivity index (χ1v) is 10.3. The molecule has 4 heteroatoms. The Balaban J connectivity index is 1.39. The summed E-state index contributed by atoms with van der Waals surface area (Å²) in [5, 5.41) is 0. The van der Waals surface area contributed by atoms with Crippen LogP contribution in [0.25, 0.3) is 0 Å². The van der Waals surface area contributed by atoms with Crippen LogP contribution in [0.4, 0.5) is 0 Å². The topological polar surface area (TPSA) is 36.9 Å². The third kappa shape index (κ3) is 6.00. The van der Waals surface area contributed by atoms with E-state index in [9.17, 15) is 0 Å². The zero-order valence-corrected chi connectivity index (χ0v) is 16.9. The summed E-state index contributed by atoms with van der Waals surface area (Å²) in [6, 6.07) is 30.0. The van der Waals surface area contributed by atoms with E-state index < -0.39 is 12.7 Å². The number of rotatable bonds is 10. The van der Waals surface area contributed by atoms with Crippen LogP contribution in [0.1, 0.15) is 18.1 Å². The van der Waals surface area contributed by atoms with E-state index in [0.29, 0.717) is 26.4 Å². The Kier molecular flexibility index (Phi) is 7.16. The first-order chi connectivity index (χ1) is 15.3. The Bertz CT molecular complexity index is 891. The number of benzene rings is 3. The van der Waals surface area contributed by atoms with Crippen molar-refractivity contribution in [2.75, 3.05) is 13.2 Å². The summed E-state index contributed by atoms with van der Waals surface area (Å²) in [6.45, 7) is 0.851. The second-order valence-electron chi connectivity index (χ2n) is 7.33. The highest BCUT2D eigenvalue weighted by Crippen LogP contribution is 2.24. The average molecular weight is 406 g/mol. The van der Waals surface area contributed by atoms with Crippen molar-refractivity contribution in [3.8, 4) is 0 Å². The van der Waals surface area contributed by atoms with Gasteiger partial charge in [-0.1, -0.05) is 91.0 Å². The van der Waals surface area contributed by atoms with Gasteiger partial charge in [0.1, 0.15) is 18.3 Å². The molecule has 0 unspecified atom stereocenters. The van der Waals surface area contributed by atoms with Gasteiger partial charge in [0.25, 0.3) is 0 Å². The van der Waals surface area contributed by atoms with Crippen LogP contribution in [0.5, 0.6) is 0 Å². The van der Waals surface area contributed by atoms with Crippen LogP contribution in [0.15, 0.2) is 91.0 Å². The molecule has 4 nitrogen and oxygen atoms in total. The van der Waals surface area contributed by atoms with E-state index in [2.05, 4.69) is 0 Å². The van der Waals surface area contributed by atoms with Gasteiger partial charge < -0.3 is 18.9 Å². The maximum Gasteiger partial charge on any atom is 0.115 e. The van der Waals surface area contributed by atoms with Gasteiger partial charge in [-0.3, -0.25) is 0 Å². The molecule has 30 heavy (non-hydrogen) atoms. The van der Waals surface area contributed by atoms with Gasteiger partial charge in [0, 0.05) is 0 Å². The molecule has 4 rings (SSSR count). The lowest BCUT2D eigenvalue weighted by atomic mass is 10.1. The molecule has 156 valence electrons. The quantitative estimate of drug-likeness (QED) is 0.487. The summed E-state index contributed by atoms with van der Waals surface area (Å²) in [5.41, 5.74) is 3.23. The number of hydrogen-bond donors (Lipinski definition) is 0. The normalized spacial score (nSPS) is 23.9. The van der Waals surface area contributed by atoms with Crippen LogP contribution in [0.2, 0.25) is 0 Å². The Morgan fingerprint density at radius 1 is 0.700 bits per heavy atom. The predicted molar refractivity (Wildman–Crippen MR) is 116 cm³/mol. The lowest BCUT2D eigenvalue weighted by molar-refractivity contribution is -0.0895. The molecule has 1 aliphatic heterocycles. The largest absolute Gasteiger partial charge is 0.374 e. The first-order valence-electron chi connectivity index (χ1n) is 10.9. The van der Waals surface area contributed by atoms with E-state index in [1.165, 1.54) is 0 Å². The molecule has 0 saturated carbocycles. The molecule has 3 aromatic rings. The highest BCUT2D eigenvalue weighted by Gasteiger charge is 2.39. The standard InChI is InChI=1S/C26H28O4/c1-4-10-21(11-5-1)16-27-19-24-26(30-18-23-14-8-3-9-15-23)25(20-29-24)28-17-22-12-6-2-7-13-22/h1-15,24-26H,16-20H2/t24-,25+,26-/m1/s1/i20D/t20-,24-,25+,26-. The summed E-state index contributed by atoms with van der Waals surface area (Å²) in [4.78, 5) is 0. The molecule has 1 heterocycles. The molecule has 1 aliphatic rings. The van der Waals surface area contributed by atoms with Crippen LogP contribution in [0.3, 0.4) is 0 Å². The highest BCUT2D eigenvalue weighted by atomic mass is 16.6. The molecule has 0 N–H and O–H groups in total. The molecule has 0 bridgehead atoms. The fraction of sp³-hybridized carbons (Fsp3) is 0.308. The van der Waals surface area contributed by atoms with Crippen molar-refractivity contribution >= 4 is 0 Å². The molecule has 4 atom stereocenters. The summed E-state index contributed by atoms with van der Waals surface area (Å²) >= 11 is 0. The zero-order chi connectivity index (χ0) is 21.3. The fourth-order valence-electron chi connectivity index (χ4n) is 3.42. The minimum atomic E-state index is -0.824. The van der Waals surface area contributed by atoms with Crippen molar-refractivity contribution in [1.82, 2.24) is 0 Å². The molecular weight excluding hydrogens is 376 g/mol. The number of ether oxygens (including phenoxy) is 4. The average Bonchev–Trinajstić information content (AvgIpc) is 3.12. The zero-order valence-electron chi connectivity index (χ0n) is 17.9. The third-order valence-corrected chi connectivity index (χ3v) is 5.04. The van der Waals surface area contributed by atoms with Gasteiger partial charge in [-0.2, -0.15) is 0 Å². The lowest BCUT2D eigenvalue weighted by Crippen LogP contribution is -2.37. The van der Waals surface area contributed by atoms with Gasteiger partial charge in [-0.15, -0.1) is 0 Å². The second kappa shape index (κ2) is 11.0. The highest BCUT2D eigenvalue weighted by molar-refractivity contribution is 5.15. The van der Waals surface area contributed by atoms with Crippen LogP contribution in [-0.4, -0.2) is 31.5 Å². The Morgan fingerprint density at radius 3 is 1.77 bits per heavy atom. The second-order valence-corrected chi connectivity index (χ2v) is 7.33. The lowest BCUT2D eigenvalue weighted by Gasteiger charge is -2.24. The maximum atomic E-state index is 8.42. The van der Waals surface area contributed by atoms with Crippen molar-refractivity contribution in [2.45, 2.75) is 38.1 Å². The summed E-state index contributed by atoms with van der Waals surface area (Å²) < 4.78 is 32.5. The van der Waals surface area contributed by atoms with Crippen molar-refractivity contribution in [2.24, 2.45) is 0 Å². The smallest absolute Gasteiger partial charge is 0.115 e. The van der Waals surface area contributed by atoms with Crippen molar-refractivity contribution in [3.63, 3.8) is 0 Å². The molecule has 0 aliphatic carbocycles. The first kappa shape index (κ1) is 19.5. The van der Waals surface area contributed by atoms with Crippen molar-refractivity contribution in [1.29, 1.82) is 0 Å². The summed E-state index contributed by atoms with van der Waals surface area (Å²) in [6.07, 6.45) is -1.24. The van der Waals surface area contributed by atoms with Gasteiger partial charge in [0.2, 0.25) is 0 Å². The SMILES string of the molecule is [2H][C@H]1O[C@H](COCc2ccccc2)[C@@H](OCc2ccccc2)[C@H]1OCc1ccccc1. The van der Waals surface area contributed by atoms with Gasteiger partial charge in [0.15, 0.2) is 0 Å². The van der Waals surface area contributed by atoms with Crippen molar-refractivity contribution in [3.05, 3.63) is 108 Å². The Morgan fingerprint density at radius 2 is 1.20 bits per heavy atom. The summed E-state index contributed by atoms with van der Waals surface area (Å²) in [5.74, 6) is 0. The molecule has 0 amide bonds. The van der Waals surface area contributed by atoms with Gasteiger partial charge in [-0.25, -0.2) is 0 Å². The van der Waals surface area contributed by atoms with E-state index in [0.717, 1.165) is 16.7 Å². The van der Waals surface area contributed by atoms with Gasteiger partial charge in [0.05, 0.1) is 34.4 Å². The van der Waals surface area contributed by atoms with Crippen LogP contribution >= 0.6 is 0 Å². The molecular formula is C26H28O4. The third-order valence-electron chi connectivity index (χ3n) is 5.04. The fourth-order valence-corrected chi connectivity index (χ4v) is 3.42. The van der Waals surface area contributed by atoms with E-state index in [1.807, 2.05) is 91.0 Å². The van der Waals surface area contributed by atoms with Crippen LogP contribution in [0, 0.1) is 0 Å². The van der Waals surface area contributed by atoms with E-state index in [-0.39, 0.29) is 12.2 Å². The van der Waals surface area contributed by atoms with Crippen LogP contribution < -0.4 is 0 Å². The molecule has 0 aromatic heterocycles. The molecule has 0 spiro atoms. The predicted octanol–water partition coefficient (Wildman–Crippen LogP) is 4.77. The minimum absolute atomic E-state index is 0.342. The monoisotopic (exact) mass is 405 g/mol. The van der Waals surface area contributed by atoms with Crippen molar-refractivity contribution < 1.29 is 20.3 Å². The maximum absolute atomic E-state index is 8.42. The molecule has 3 aromatic carbocycles. The molecule has 1 saturated heterocycles. The van der Waals surface area contributed by atoms with Gasteiger partial charge >= 0.3 is 0 Å². The van der Waals surface area contributed by atoms with Crippen LogP contribution in [-0.2, 0) is 38.8 Å². The summed E-state index contributed by atoms with van der Waals surface area (Å²) in [7, 11) is 0. The number of hydrogen-bond acceptors (Lipinski definition) is 4. The van der Waals surface area contributed by atoms with E-state index in [1.54, 1.807) is 0 Å². The molecule has 0 radical (unpaired) electrons. The molecule has 1 fully saturated rings.